The first-order valence-electron chi connectivity index (χ1n) is 9.36. The normalized spacial score (nSPS) is 17.4. The van der Waals surface area contributed by atoms with Gasteiger partial charge in [-0.1, -0.05) is 35.9 Å². The molecule has 26 heavy (non-hydrogen) atoms. The Labute approximate surface area is 154 Å². The Hall–Kier alpha value is -2.62. The second kappa shape index (κ2) is 6.60. The number of hydrogen-bond acceptors (Lipinski definition) is 2. The van der Waals surface area contributed by atoms with E-state index in [-0.39, 0.29) is 11.8 Å². The smallest absolute Gasteiger partial charge is 0.223 e. The van der Waals surface area contributed by atoms with Crippen molar-refractivity contribution in [2.45, 2.75) is 39.7 Å². The average Bonchev–Trinajstić information content (AvgIpc) is 3.19. The summed E-state index contributed by atoms with van der Waals surface area (Å²) < 4.78 is 2.31. The van der Waals surface area contributed by atoms with Crippen molar-refractivity contribution in [1.82, 2.24) is 14.5 Å². The van der Waals surface area contributed by atoms with Crippen LogP contribution in [-0.2, 0) is 11.3 Å². The molecule has 1 fully saturated rings. The van der Waals surface area contributed by atoms with E-state index >= 15 is 0 Å². The first-order valence-corrected chi connectivity index (χ1v) is 9.36. The van der Waals surface area contributed by atoms with Gasteiger partial charge in [0.1, 0.15) is 5.82 Å². The van der Waals surface area contributed by atoms with Gasteiger partial charge >= 0.3 is 0 Å². The summed E-state index contributed by atoms with van der Waals surface area (Å²) >= 11 is 0. The molecule has 0 radical (unpaired) electrons. The van der Waals surface area contributed by atoms with Gasteiger partial charge in [-0.25, -0.2) is 4.98 Å². The highest BCUT2D eigenvalue weighted by Crippen LogP contribution is 2.31. The van der Waals surface area contributed by atoms with Gasteiger partial charge in [-0.2, -0.15) is 0 Å². The summed E-state index contributed by atoms with van der Waals surface area (Å²) in [4.78, 5) is 19.1. The molecule has 0 saturated carbocycles. The first-order chi connectivity index (χ1) is 12.6. The molecule has 4 rings (SSSR count). The van der Waals surface area contributed by atoms with Crippen molar-refractivity contribution in [2.75, 3.05) is 13.1 Å². The zero-order chi connectivity index (χ0) is 18.3. The fourth-order valence-corrected chi connectivity index (χ4v) is 3.96. The van der Waals surface area contributed by atoms with Crippen molar-refractivity contribution in [3.05, 3.63) is 65.0 Å². The maximum Gasteiger partial charge on any atom is 0.223 e. The Kier molecular flexibility index (Phi) is 4.27. The van der Waals surface area contributed by atoms with Crippen LogP contribution in [0.1, 0.15) is 41.8 Å². The minimum Gasteiger partial charge on any atom is -0.342 e. The van der Waals surface area contributed by atoms with Gasteiger partial charge in [0.2, 0.25) is 5.91 Å². The number of carbonyl (C=O) groups excluding carboxylic acids is 1. The number of nitrogens with zero attached hydrogens (tertiary/aromatic N) is 3. The van der Waals surface area contributed by atoms with Gasteiger partial charge < -0.3 is 9.47 Å². The fraction of sp³-hybridized carbons (Fsp3) is 0.364. The molecule has 0 bridgehead atoms. The van der Waals surface area contributed by atoms with E-state index in [1.54, 1.807) is 0 Å². The molecule has 2 heterocycles. The Bertz CT molecular complexity index is 973. The number of fused-ring (bicyclic) bond motifs is 1. The second-order valence-corrected chi connectivity index (χ2v) is 7.31. The molecule has 0 spiro atoms. The highest BCUT2D eigenvalue weighted by atomic mass is 16.2. The van der Waals surface area contributed by atoms with E-state index in [9.17, 15) is 4.79 Å². The Morgan fingerprint density at radius 3 is 2.73 bits per heavy atom. The lowest BCUT2D eigenvalue weighted by atomic mass is 10.0. The van der Waals surface area contributed by atoms with Crippen LogP contribution >= 0.6 is 0 Å². The molecule has 1 aliphatic rings. The molecule has 1 aliphatic heterocycles. The predicted molar refractivity (Wildman–Crippen MR) is 104 cm³/mol. The average molecular weight is 347 g/mol. The van der Waals surface area contributed by atoms with E-state index < -0.39 is 0 Å². The molecule has 1 saturated heterocycles. The van der Waals surface area contributed by atoms with E-state index in [0.29, 0.717) is 6.42 Å². The quantitative estimate of drug-likeness (QED) is 0.714. The highest BCUT2D eigenvalue weighted by molar-refractivity contribution is 5.81. The molecule has 4 heteroatoms. The van der Waals surface area contributed by atoms with Crippen LogP contribution in [0.2, 0.25) is 0 Å². The molecule has 1 atom stereocenters. The number of benzene rings is 2. The molecule has 0 unspecified atom stereocenters. The second-order valence-electron chi connectivity index (χ2n) is 7.31. The molecular weight excluding hydrogens is 322 g/mol. The van der Waals surface area contributed by atoms with E-state index in [1.807, 2.05) is 17.9 Å². The molecule has 134 valence electrons. The molecule has 1 aromatic heterocycles. The van der Waals surface area contributed by atoms with Crippen LogP contribution in [0, 0.1) is 13.8 Å². The number of amides is 1. The van der Waals surface area contributed by atoms with Gasteiger partial charge in [-0.05, 0) is 44.0 Å². The van der Waals surface area contributed by atoms with Crippen molar-refractivity contribution in [3.63, 3.8) is 0 Å². The number of aryl methyl sites for hydroxylation is 2. The van der Waals surface area contributed by atoms with Crippen LogP contribution in [0.25, 0.3) is 11.0 Å². The monoisotopic (exact) mass is 347 g/mol. The van der Waals surface area contributed by atoms with Crippen molar-refractivity contribution in [1.29, 1.82) is 0 Å². The highest BCUT2D eigenvalue weighted by Gasteiger charge is 2.33. The summed E-state index contributed by atoms with van der Waals surface area (Å²) in [6, 6.07) is 14.9. The van der Waals surface area contributed by atoms with E-state index in [1.165, 1.54) is 16.7 Å². The van der Waals surface area contributed by atoms with Crippen LogP contribution in [0.4, 0.5) is 0 Å². The minimum absolute atomic E-state index is 0.167. The third-order valence-electron chi connectivity index (χ3n) is 5.48. The van der Waals surface area contributed by atoms with Gasteiger partial charge in [-0.3, -0.25) is 4.79 Å². The van der Waals surface area contributed by atoms with Crippen molar-refractivity contribution >= 4 is 16.9 Å². The maximum absolute atomic E-state index is 12.3. The zero-order valence-electron chi connectivity index (χ0n) is 15.7. The van der Waals surface area contributed by atoms with Crippen LogP contribution in [-0.4, -0.2) is 33.4 Å². The number of likely N-dealkylation sites (tertiary alicyclic amines) is 1. The topological polar surface area (TPSA) is 38.1 Å². The van der Waals surface area contributed by atoms with E-state index in [4.69, 9.17) is 4.98 Å². The molecule has 0 aliphatic carbocycles. The van der Waals surface area contributed by atoms with Gasteiger partial charge in [-0.15, -0.1) is 0 Å². The number of likely N-dealkylation sites (N-methyl/N-ethyl adjacent to an activating group) is 1. The third kappa shape index (κ3) is 2.90. The van der Waals surface area contributed by atoms with Crippen LogP contribution in [0.3, 0.4) is 0 Å². The van der Waals surface area contributed by atoms with Crippen molar-refractivity contribution in [3.8, 4) is 0 Å². The number of para-hydroxylation sites is 2. The largest absolute Gasteiger partial charge is 0.342 e. The summed E-state index contributed by atoms with van der Waals surface area (Å²) in [6.07, 6.45) is 0.559. The fourth-order valence-electron chi connectivity index (χ4n) is 3.96. The molecule has 1 amide bonds. The summed E-state index contributed by atoms with van der Waals surface area (Å²) in [7, 11) is 0. The van der Waals surface area contributed by atoms with E-state index in [0.717, 1.165) is 36.5 Å². The van der Waals surface area contributed by atoms with Gasteiger partial charge in [0.05, 0.1) is 11.0 Å². The molecule has 4 nitrogen and oxygen atoms in total. The molecule has 2 aromatic carbocycles. The summed E-state index contributed by atoms with van der Waals surface area (Å²) in [5, 5.41) is 0. The Morgan fingerprint density at radius 2 is 1.96 bits per heavy atom. The van der Waals surface area contributed by atoms with Crippen LogP contribution in [0.5, 0.6) is 0 Å². The molecule has 3 aromatic rings. The third-order valence-corrected chi connectivity index (χ3v) is 5.48. The van der Waals surface area contributed by atoms with Crippen molar-refractivity contribution in [2.24, 2.45) is 0 Å². The van der Waals surface area contributed by atoms with E-state index in [2.05, 4.69) is 54.8 Å². The Balaban J connectivity index is 1.80. The number of imidazole rings is 1. The summed E-state index contributed by atoms with van der Waals surface area (Å²) in [6.45, 7) is 8.66. The van der Waals surface area contributed by atoms with Crippen LogP contribution in [0.15, 0.2) is 42.5 Å². The number of hydrogen-bond donors (Lipinski definition) is 0. The molecular formula is C22H25N3O. The Morgan fingerprint density at radius 1 is 1.15 bits per heavy atom. The lowest BCUT2D eigenvalue weighted by molar-refractivity contribution is -0.127. The summed E-state index contributed by atoms with van der Waals surface area (Å²) in [5.74, 6) is 1.44. The number of aromatic nitrogens is 2. The molecule has 0 N–H and O–H groups in total. The lowest BCUT2D eigenvalue weighted by Crippen LogP contribution is -2.24. The summed E-state index contributed by atoms with van der Waals surface area (Å²) in [5.41, 5.74) is 6.02. The van der Waals surface area contributed by atoms with Gasteiger partial charge in [0.15, 0.2) is 0 Å². The first kappa shape index (κ1) is 16.8. The number of rotatable bonds is 4. The standard InChI is InChI=1S/C22H25N3O/c1-4-24-13-18(12-21(24)26)22-23-19-7-5-6-8-20(19)25(22)14-17-11-15(2)9-10-16(17)3/h5-11,18H,4,12-14H2,1-3H3/t18-/m0/s1. The zero-order valence-corrected chi connectivity index (χ0v) is 15.7. The van der Waals surface area contributed by atoms with Gasteiger partial charge in [0.25, 0.3) is 0 Å². The maximum atomic E-state index is 12.3. The number of carbonyl (C=O) groups is 1. The van der Waals surface area contributed by atoms with Crippen molar-refractivity contribution < 1.29 is 4.79 Å². The van der Waals surface area contributed by atoms with Crippen LogP contribution < -0.4 is 0 Å². The SMILES string of the molecule is CCN1C[C@@H](c2nc3ccccc3n2Cc2cc(C)ccc2C)CC1=O. The van der Waals surface area contributed by atoms with Gasteiger partial charge in [0, 0.05) is 32.0 Å². The predicted octanol–water partition coefficient (Wildman–Crippen LogP) is 4.04. The minimum atomic E-state index is 0.167. The lowest BCUT2D eigenvalue weighted by Gasteiger charge is -2.16.